The number of aromatic nitrogens is 5. The summed E-state index contributed by atoms with van der Waals surface area (Å²) in [5.41, 5.74) is 6.40. The maximum absolute atomic E-state index is 5.48. The zero-order chi connectivity index (χ0) is 12.8. The number of tetrazole rings is 1. The number of methoxy groups -OCH3 is 1. The number of nitrogens with two attached hydrogens (primary N) is 1. The topological polar surface area (TPSA) is 91.7 Å². The molecule has 0 saturated carbocycles. The molecule has 0 unspecified atom stereocenters. The van der Waals surface area contributed by atoms with Crippen LogP contribution in [0, 0.1) is 0 Å². The number of hydrogen-bond acceptors (Lipinski definition) is 7. The summed E-state index contributed by atoms with van der Waals surface area (Å²) in [7, 11) is 1.60. The first-order chi connectivity index (χ1) is 8.83. The Morgan fingerprint density at radius 3 is 3.11 bits per heavy atom. The quantitative estimate of drug-likeness (QED) is 0.753. The molecule has 0 aliphatic rings. The van der Waals surface area contributed by atoms with Crippen LogP contribution in [0.4, 0.5) is 0 Å². The fourth-order valence-corrected chi connectivity index (χ4v) is 2.16. The largest absolute Gasteiger partial charge is 0.481 e. The highest BCUT2D eigenvalue weighted by atomic mass is 32.2. The first-order valence-corrected chi connectivity index (χ1v) is 6.41. The molecule has 0 radical (unpaired) electrons. The Balaban J connectivity index is 1.99. The van der Waals surface area contributed by atoms with Gasteiger partial charge in [0.2, 0.25) is 11.0 Å². The Labute approximate surface area is 109 Å². The zero-order valence-corrected chi connectivity index (χ0v) is 10.8. The third-order valence-corrected chi connectivity index (χ3v) is 3.17. The van der Waals surface area contributed by atoms with Gasteiger partial charge in [0.25, 0.3) is 0 Å². The van der Waals surface area contributed by atoms with Crippen LogP contribution in [0.25, 0.3) is 0 Å². The third-order valence-electron chi connectivity index (χ3n) is 2.18. The van der Waals surface area contributed by atoms with Crippen LogP contribution in [0.5, 0.6) is 5.88 Å². The number of ether oxygens (including phenoxy) is 1. The molecule has 0 aliphatic carbocycles. The maximum atomic E-state index is 5.48. The lowest BCUT2D eigenvalue weighted by Crippen LogP contribution is -2.12. The molecular weight excluding hydrogens is 252 g/mol. The van der Waals surface area contributed by atoms with Crippen LogP contribution in [0.1, 0.15) is 5.69 Å². The molecule has 0 aromatic carbocycles. The Morgan fingerprint density at radius 1 is 1.44 bits per heavy atom. The van der Waals surface area contributed by atoms with E-state index in [-0.39, 0.29) is 0 Å². The standard InChI is InChI=1S/C10H14N6OS/c1-17-9-4-2-3-8(12-9)7-18-10-13-14-15-16(10)6-5-11/h2-4H,5-7,11H2,1H3. The molecule has 0 atom stereocenters. The third kappa shape index (κ3) is 3.17. The van der Waals surface area contributed by atoms with Gasteiger partial charge in [-0.2, -0.15) is 0 Å². The summed E-state index contributed by atoms with van der Waals surface area (Å²) in [6, 6.07) is 5.66. The highest BCUT2D eigenvalue weighted by molar-refractivity contribution is 7.98. The van der Waals surface area contributed by atoms with Crippen LogP contribution < -0.4 is 10.5 Å². The molecule has 7 nitrogen and oxygen atoms in total. The molecule has 0 aliphatic heterocycles. The molecule has 2 aromatic rings. The van der Waals surface area contributed by atoms with Gasteiger partial charge in [-0.3, -0.25) is 0 Å². The van der Waals surface area contributed by atoms with Crippen molar-refractivity contribution < 1.29 is 4.74 Å². The van der Waals surface area contributed by atoms with Crippen molar-refractivity contribution in [3.8, 4) is 5.88 Å². The van der Waals surface area contributed by atoms with Crippen LogP contribution in [0.3, 0.4) is 0 Å². The fourth-order valence-electron chi connectivity index (χ4n) is 1.35. The first kappa shape index (κ1) is 12.8. The van der Waals surface area contributed by atoms with Gasteiger partial charge in [0.15, 0.2) is 0 Å². The molecule has 8 heteroatoms. The lowest BCUT2D eigenvalue weighted by Gasteiger charge is -2.03. The summed E-state index contributed by atoms with van der Waals surface area (Å²) in [6.45, 7) is 1.12. The molecule has 0 spiro atoms. The number of pyridine rings is 1. The normalized spacial score (nSPS) is 10.6. The molecular formula is C10H14N6OS. The minimum Gasteiger partial charge on any atom is -0.481 e. The molecule has 2 N–H and O–H groups in total. The highest BCUT2D eigenvalue weighted by Crippen LogP contribution is 2.19. The molecule has 0 saturated heterocycles. The van der Waals surface area contributed by atoms with Crippen molar-refractivity contribution in [2.45, 2.75) is 17.5 Å². The first-order valence-electron chi connectivity index (χ1n) is 5.42. The van der Waals surface area contributed by atoms with Gasteiger partial charge in [-0.1, -0.05) is 17.8 Å². The molecule has 2 rings (SSSR count). The average molecular weight is 266 g/mol. The van der Waals surface area contributed by atoms with Crippen molar-refractivity contribution >= 4 is 11.8 Å². The molecule has 0 fully saturated rings. The number of thioether (sulfide) groups is 1. The van der Waals surface area contributed by atoms with Crippen LogP contribution >= 0.6 is 11.8 Å². The number of nitrogens with zero attached hydrogens (tertiary/aromatic N) is 5. The molecule has 0 amide bonds. The van der Waals surface area contributed by atoms with E-state index >= 15 is 0 Å². The fraction of sp³-hybridized carbons (Fsp3) is 0.400. The summed E-state index contributed by atoms with van der Waals surface area (Å²) < 4.78 is 6.76. The second kappa shape index (κ2) is 6.31. The molecule has 2 aromatic heterocycles. The van der Waals surface area contributed by atoms with Gasteiger partial charge in [-0.15, -0.1) is 5.10 Å². The lowest BCUT2D eigenvalue weighted by molar-refractivity contribution is 0.397. The summed E-state index contributed by atoms with van der Waals surface area (Å²) >= 11 is 1.52. The van der Waals surface area contributed by atoms with E-state index in [0.717, 1.165) is 10.9 Å². The van der Waals surface area contributed by atoms with Crippen LogP contribution in [-0.4, -0.2) is 38.8 Å². The lowest BCUT2D eigenvalue weighted by atomic mass is 10.4. The van der Waals surface area contributed by atoms with Gasteiger partial charge in [0.05, 0.1) is 19.3 Å². The highest BCUT2D eigenvalue weighted by Gasteiger charge is 2.07. The summed E-state index contributed by atoms with van der Waals surface area (Å²) in [4.78, 5) is 4.32. The summed E-state index contributed by atoms with van der Waals surface area (Å²) in [6.07, 6.45) is 0. The van der Waals surface area contributed by atoms with Gasteiger partial charge in [0, 0.05) is 18.4 Å². The Bertz CT molecular complexity index is 503. The van der Waals surface area contributed by atoms with Crippen molar-refractivity contribution in [3.63, 3.8) is 0 Å². The second-order valence-electron chi connectivity index (χ2n) is 3.43. The van der Waals surface area contributed by atoms with Crippen molar-refractivity contribution in [2.24, 2.45) is 5.73 Å². The molecule has 0 bridgehead atoms. The van der Waals surface area contributed by atoms with Crippen LogP contribution in [0.2, 0.25) is 0 Å². The van der Waals surface area contributed by atoms with Crippen molar-refractivity contribution in [1.82, 2.24) is 25.2 Å². The summed E-state index contributed by atoms with van der Waals surface area (Å²) in [5, 5.41) is 12.2. The number of hydrogen-bond donors (Lipinski definition) is 1. The molecule has 96 valence electrons. The monoisotopic (exact) mass is 266 g/mol. The van der Waals surface area contributed by atoms with E-state index in [2.05, 4.69) is 20.5 Å². The Hall–Kier alpha value is -1.67. The van der Waals surface area contributed by atoms with E-state index in [4.69, 9.17) is 10.5 Å². The van der Waals surface area contributed by atoms with Gasteiger partial charge in [-0.05, 0) is 16.5 Å². The predicted molar refractivity (Wildman–Crippen MR) is 67.2 cm³/mol. The van der Waals surface area contributed by atoms with Gasteiger partial charge in [0.1, 0.15) is 0 Å². The minimum absolute atomic E-state index is 0.510. The predicted octanol–water partition coefficient (Wildman–Crippen LogP) is 0.328. The SMILES string of the molecule is COc1cccc(CSc2nnnn2CCN)n1. The smallest absolute Gasteiger partial charge is 0.213 e. The van der Waals surface area contributed by atoms with E-state index in [1.165, 1.54) is 11.8 Å². The van der Waals surface area contributed by atoms with E-state index in [9.17, 15) is 0 Å². The van der Waals surface area contributed by atoms with E-state index < -0.39 is 0 Å². The second-order valence-corrected chi connectivity index (χ2v) is 4.38. The minimum atomic E-state index is 0.510. The van der Waals surface area contributed by atoms with Gasteiger partial charge in [-0.25, -0.2) is 9.67 Å². The molecule has 18 heavy (non-hydrogen) atoms. The maximum Gasteiger partial charge on any atom is 0.213 e. The van der Waals surface area contributed by atoms with Crippen molar-refractivity contribution in [3.05, 3.63) is 23.9 Å². The van der Waals surface area contributed by atoms with E-state index in [1.54, 1.807) is 11.8 Å². The Kier molecular flexibility index (Phi) is 4.48. The van der Waals surface area contributed by atoms with Crippen LogP contribution in [-0.2, 0) is 12.3 Å². The number of rotatable bonds is 6. The zero-order valence-electron chi connectivity index (χ0n) is 9.98. The van der Waals surface area contributed by atoms with Crippen molar-refractivity contribution in [2.75, 3.05) is 13.7 Å². The average Bonchev–Trinajstić information content (AvgIpc) is 2.85. The van der Waals surface area contributed by atoms with Gasteiger partial charge >= 0.3 is 0 Å². The Morgan fingerprint density at radius 2 is 2.33 bits per heavy atom. The summed E-state index contributed by atoms with van der Waals surface area (Å²) in [5.74, 6) is 1.29. The molecule has 2 heterocycles. The van der Waals surface area contributed by atoms with Crippen molar-refractivity contribution in [1.29, 1.82) is 0 Å². The van der Waals surface area contributed by atoms with Crippen LogP contribution in [0.15, 0.2) is 23.4 Å². The van der Waals surface area contributed by atoms with E-state index in [0.29, 0.717) is 24.7 Å². The van der Waals surface area contributed by atoms with Gasteiger partial charge < -0.3 is 10.5 Å². The van der Waals surface area contributed by atoms with E-state index in [1.807, 2.05) is 18.2 Å².